The summed E-state index contributed by atoms with van der Waals surface area (Å²) in [6.07, 6.45) is 1.69. The van der Waals surface area contributed by atoms with E-state index >= 15 is 0 Å². The first-order valence-electron chi connectivity index (χ1n) is 12.0. The van der Waals surface area contributed by atoms with Crippen molar-refractivity contribution in [1.82, 2.24) is 4.83 Å². The van der Waals surface area contributed by atoms with Crippen LogP contribution in [-0.2, 0) is 16.4 Å². The molecule has 0 unspecified atom stereocenters. The van der Waals surface area contributed by atoms with Crippen LogP contribution in [0.1, 0.15) is 45.8 Å². The van der Waals surface area contributed by atoms with Crippen molar-refractivity contribution in [2.24, 2.45) is 5.10 Å². The standard InChI is InChI=1S/C29H22FN3O5S/c1-18-27-25(32-33-39(35,36)24-15-11-22(30)12-16-24)3-2-4-26(27)38-28(18)29(34)37-23-13-9-21(10-14-23)20-7-5-19(17-31)6-8-20/h5-16,33H,2-4H2,1H3/b32-25+. The number of aryl methyl sites for hydroxylation is 1. The van der Waals surface area contributed by atoms with Gasteiger partial charge in [0.25, 0.3) is 10.0 Å². The number of nitrogens with zero attached hydrogens (tertiary/aromatic N) is 2. The van der Waals surface area contributed by atoms with Crippen LogP contribution in [0.5, 0.6) is 5.75 Å². The topological polar surface area (TPSA) is 122 Å². The van der Waals surface area contributed by atoms with E-state index in [2.05, 4.69) is 16.0 Å². The average molecular weight is 544 g/mol. The molecule has 0 atom stereocenters. The van der Waals surface area contributed by atoms with Crippen molar-refractivity contribution in [3.05, 3.63) is 107 Å². The Morgan fingerprint density at radius 3 is 2.28 bits per heavy atom. The third kappa shape index (κ3) is 5.44. The highest BCUT2D eigenvalue weighted by Crippen LogP contribution is 2.31. The van der Waals surface area contributed by atoms with E-state index in [4.69, 9.17) is 14.4 Å². The molecule has 0 aliphatic heterocycles. The Hall–Kier alpha value is -4.75. The Kier molecular flexibility index (Phi) is 7.00. The third-order valence-corrected chi connectivity index (χ3v) is 7.57. The summed E-state index contributed by atoms with van der Waals surface area (Å²) < 4.78 is 49.8. The monoisotopic (exact) mass is 543 g/mol. The molecule has 39 heavy (non-hydrogen) atoms. The Bertz CT molecular complexity index is 1720. The molecule has 1 heterocycles. The van der Waals surface area contributed by atoms with E-state index in [9.17, 15) is 17.6 Å². The van der Waals surface area contributed by atoms with Crippen LogP contribution >= 0.6 is 0 Å². The first-order chi connectivity index (χ1) is 18.7. The molecule has 0 amide bonds. The van der Waals surface area contributed by atoms with Crippen LogP contribution in [0.15, 0.2) is 87.2 Å². The zero-order valence-electron chi connectivity index (χ0n) is 20.8. The van der Waals surface area contributed by atoms with E-state index in [0.717, 1.165) is 35.4 Å². The molecule has 0 spiro atoms. The van der Waals surface area contributed by atoms with Crippen molar-refractivity contribution in [2.75, 3.05) is 0 Å². The van der Waals surface area contributed by atoms with Gasteiger partial charge in [0.2, 0.25) is 5.76 Å². The molecule has 8 nitrogen and oxygen atoms in total. The number of fused-ring (bicyclic) bond motifs is 1. The van der Waals surface area contributed by atoms with Crippen LogP contribution in [0.25, 0.3) is 11.1 Å². The molecule has 0 saturated heterocycles. The van der Waals surface area contributed by atoms with Crippen molar-refractivity contribution in [3.8, 4) is 22.9 Å². The normalized spacial score (nSPS) is 13.9. The van der Waals surface area contributed by atoms with Gasteiger partial charge in [-0.15, -0.1) is 0 Å². The minimum atomic E-state index is -4.01. The molecule has 1 aromatic heterocycles. The number of carbonyl (C=O) groups is 1. The molecular weight excluding hydrogens is 521 g/mol. The number of benzene rings is 3. The number of carbonyl (C=O) groups excluding carboxylic acids is 1. The SMILES string of the molecule is Cc1c(C(=O)Oc2ccc(-c3ccc(C#N)cc3)cc2)oc2c1/C(=N/NS(=O)(=O)c1ccc(F)cc1)CCC2. The summed E-state index contributed by atoms with van der Waals surface area (Å²) in [5, 5.41) is 13.1. The van der Waals surface area contributed by atoms with E-state index < -0.39 is 21.8 Å². The van der Waals surface area contributed by atoms with Gasteiger partial charge in [0, 0.05) is 17.5 Å². The van der Waals surface area contributed by atoms with Crippen LogP contribution in [0.2, 0.25) is 0 Å². The summed E-state index contributed by atoms with van der Waals surface area (Å²) in [4.78, 5) is 15.1. The number of hydrogen-bond acceptors (Lipinski definition) is 7. The Balaban J connectivity index is 1.33. The fourth-order valence-corrected chi connectivity index (χ4v) is 5.19. The second-order valence-electron chi connectivity index (χ2n) is 8.92. The highest BCUT2D eigenvalue weighted by atomic mass is 32.2. The summed E-state index contributed by atoms with van der Waals surface area (Å²) in [6, 6.07) is 20.6. The van der Waals surface area contributed by atoms with Gasteiger partial charge < -0.3 is 9.15 Å². The average Bonchev–Trinajstić information content (AvgIpc) is 3.30. The number of sulfonamides is 1. The molecule has 1 aliphatic rings. The van der Waals surface area contributed by atoms with Gasteiger partial charge in [0.1, 0.15) is 17.3 Å². The van der Waals surface area contributed by atoms with E-state index in [1.165, 1.54) is 0 Å². The van der Waals surface area contributed by atoms with Gasteiger partial charge in [-0.1, -0.05) is 24.3 Å². The van der Waals surface area contributed by atoms with Gasteiger partial charge in [-0.25, -0.2) is 9.18 Å². The van der Waals surface area contributed by atoms with Gasteiger partial charge in [0.05, 0.1) is 22.2 Å². The van der Waals surface area contributed by atoms with Crippen molar-refractivity contribution < 1.29 is 26.8 Å². The zero-order chi connectivity index (χ0) is 27.6. The lowest BCUT2D eigenvalue weighted by Crippen LogP contribution is -2.22. The highest BCUT2D eigenvalue weighted by Gasteiger charge is 2.29. The van der Waals surface area contributed by atoms with Gasteiger partial charge in [-0.3, -0.25) is 0 Å². The Morgan fingerprint density at radius 1 is 1.00 bits per heavy atom. The molecule has 3 aromatic carbocycles. The maximum atomic E-state index is 13.2. The van der Waals surface area contributed by atoms with Crippen LogP contribution in [0.4, 0.5) is 4.39 Å². The predicted molar refractivity (Wildman–Crippen MR) is 141 cm³/mol. The molecule has 1 N–H and O–H groups in total. The number of halogens is 1. The van der Waals surface area contributed by atoms with Crippen LogP contribution in [-0.4, -0.2) is 20.1 Å². The van der Waals surface area contributed by atoms with E-state index in [1.807, 2.05) is 24.3 Å². The molecule has 0 radical (unpaired) electrons. The van der Waals surface area contributed by atoms with Crippen molar-refractivity contribution in [3.63, 3.8) is 0 Å². The molecular formula is C29H22FN3O5S. The number of esters is 1. The lowest BCUT2D eigenvalue weighted by molar-refractivity contribution is 0.0698. The fraction of sp³-hybridized carbons (Fsp3) is 0.138. The van der Waals surface area contributed by atoms with Crippen molar-refractivity contribution in [1.29, 1.82) is 5.26 Å². The summed E-state index contributed by atoms with van der Waals surface area (Å²) in [5.41, 5.74) is 3.90. The number of furan rings is 1. The number of hydrogen-bond donors (Lipinski definition) is 1. The summed E-state index contributed by atoms with van der Waals surface area (Å²) >= 11 is 0. The molecule has 0 bridgehead atoms. The number of hydrazone groups is 1. The largest absolute Gasteiger partial charge is 0.453 e. The fourth-order valence-electron chi connectivity index (χ4n) is 4.36. The number of nitrogens with one attached hydrogen (secondary N) is 1. The second kappa shape index (κ2) is 10.6. The third-order valence-electron chi connectivity index (χ3n) is 6.35. The second-order valence-corrected chi connectivity index (χ2v) is 10.6. The Labute approximate surface area is 224 Å². The van der Waals surface area contributed by atoms with E-state index in [1.54, 1.807) is 31.2 Å². The van der Waals surface area contributed by atoms with Crippen LogP contribution in [0, 0.1) is 24.1 Å². The van der Waals surface area contributed by atoms with Crippen molar-refractivity contribution in [2.45, 2.75) is 31.1 Å². The van der Waals surface area contributed by atoms with Gasteiger partial charge in [-0.2, -0.15) is 23.6 Å². The molecule has 0 saturated carbocycles. The lowest BCUT2D eigenvalue weighted by atomic mass is 9.93. The molecule has 10 heteroatoms. The molecule has 5 rings (SSSR count). The van der Waals surface area contributed by atoms with Gasteiger partial charge in [0.15, 0.2) is 0 Å². The first-order valence-corrected chi connectivity index (χ1v) is 13.5. The molecule has 4 aromatic rings. The van der Waals surface area contributed by atoms with Crippen molar-refractivity contribution >= 4 is 21.7 Å². The van der Waals surface area contributed by atoms with E-state index in [0.29, 0.717) is 53.2 Å². The highest BCUT2D eigenvalue weighted by molar-refractivity contribution is 7.89. The van der Waals surface area contributed by atoms with Gasteiger partial charge >= 0.3 is 5.97 Å². The first kappa shape index (κ1) is 25.9. The lowest BCUT2D eigenvalue weighted by Gasteiger charge is -2.14. The van der Waals surface area contributed by atoms with Crippen LogP contribution < -0.4 is 9.57 Å². The Morgan fingerprint density at radius 2 is 1.64 bits per heavy atom. The molecule has 196 valence electrons. The summed E-state index contributed by atoms with van der Waals surface area (Å²) in [6.45, 7) is 1.70. The molecule has 1 aliphatic carbocycles. The number of rotatable bonds is 6. The maximum Gasteiger partial charge on any atom is 0.379 e. The number of nitriles is 1. The smallest absolute Gasteiger partial charge is 0.379 e. The summed E-state index contributed by atoms with van der Waals surface area (Å²) in [5.74, 6) is -0.354. The van der Waals surface area contributed by atoms with E-state index in [-0.39, 0.29) is 10.7 Å². The quantitative estimate of drug-likeness (QED) is 0.195. The summed E-state index contributed by atoms with van der Waals surface area (Å²) in [7, 11) is -4.01. The molecule has 0 fully saturated rings. The zero-order valence-corrected chi connectivity index (χ0v) is 21.6. The minimum absolute atomic E-state index is 0.0205. The number of ether oxygens (including phenoxy) is 1. The van der Waals surface area contributed by atoms with Gasteiger partial charge in [-0.05, 0) is 79.4 Å². The predicted octanol–water partition coefficient (Wildman–Crippen LogP) is 5.50. The minimum Gasteiger partial charge on any atom is -0.453 e. The maximum absolute atomic E-state index is 13.2. The van der Waals surface area contributed by atoms with Crippen LogP contribution in [0.3, 0.4) is 0 Å².